The Morgan fingerprint density at radius 2 is 1.72 bits per heavy atom. The molecule has 0 bridgehead atoms. The molecular weight excluding hydrogens is 226 g/mol. The Hall–Kier alpha value is -1.06. The third-order valence-electron chi connectivity index (χ3n) is 4.01. The van der Waals surface area contributed by atoms with Gasteiger partial charge in [0.2, 0.25) is 0 Å². The van der Waals surface area contributed by atoms with E-state index >= 15 is 0 Å². The highest BCUT2D eigenvalue weighted by Gasteiger charge is 2.44. The Balaban J connectivity index is 1.72. The minimum Gasteiger partial charge on any atom is -0.399 e. The van der Waals surface area contributed by atoms with E-state index in [0.29, 0.717) is 5.92 Å². The molecule has 2 aliphatic rings. The molecule has 0 spiro atoms. The summed E-state index contributed by atoms with van der Waals surface area (Å²) in [6.07, 6.45) is 3.84. The normalized spacial score (nSPS) is 34.2. The number of hydrogen-bond acceptors (Lipinski definition) is 3. The van der Waals surface area contributed by atoms with Crippen molar-refractivity contribution in [3.8, 4) is 0 Å². The summed E-state index contributed by atoms with van der Waals surface area (Å²) in [7, 11) is 0. The van der Waals surface area contributed by atoms with Gasteiger partial charge < -0.3 is 15.2 Å². The van der Waals surface area contributed by atoms with Gasteiger partial charge in [-0.15, -0.1) is 0 Å². The Bertz CT molecular complexity index is 427. The van der Waals surface area contributed by atoms with Crippen LogP contribution >= 0.6 is 0 Å². The van der Waals surface area contributed by atoms with E-state index in [1.165, 1.54) is 12.0 Å². The Labute approximate surface area is 108 Å². The molecule has 3 nitrogen and oxygen atoms in total. The minimum absolute atomic E-state index is 0.247. The van der Waals surface area contributed by atoms with Crippen molar-refractivity contribution >= 4 is 5.69 Å². The molecule has 2 N–H and O–H groups in total. The van der Waals surface area contributed by atoms with Crippen molar-refractivity contribution in [2.24, 2.45) is 0 Å². The van der Waals surface area contributed by atoms with Gasteiger partial charge >= 0.3 is 0 Å². The number of nitrogen functional groups attached to an aromatic ring is 1. The zero-order chi connectivity index (χ0) is 12.8. The molecule has 98 valence electrons. The molecule has 1 aromatic rings. The number of ether oxygens (including phenoxy) is 2. The van der Waals surface area contributed by atoms with E-state index in [4.69, 9.17) is 15.2 Å². The first-order chi connectivity index (χ1) is 8.53. The molecule has 1 saturated carbocycles. The lowest BCUT2D eigenvalue weighted by Crippen LogP contribution is -2.30. The fraction of sp³-hybridized carbons (Fsp3) is 0.600. The zero-order valence-electron chi connectivity index (χ0n) is 11.1. The summed E-state index contributed by atoms with van der Waals surface area (Å²) in [5, 5.41) is 0. The van der Waals surface area contributed by atoms with Gasteiger partial charge in [-0.2, -0.15) is 0 Å². The Morgan fingerprint density at radius 3 is 2.44 bits per heavy atom. The van der Waals surface area contributed by atoms with Gasteiger partial charge in [0.1, 0.15) is 0 Å². The highest BCUT2D eigenvalue weighted by molar-refractivity contribution is 5.40. The molecule has 3 heteroatoms. The number of benzene rings is 1. The average molecular weight is 247 g/mol. The molecule has 18 heavy (non-hydrogen) atoms. The smallest absolute Gasteiger partial charge is 0.163 e. The quantitative estimate of drug-likeness (QED) is 0.776. The Morgan fingerprint density at radius 1 is 1.06 bits per heavy atom. The SMILES string of the molecule is CC1(C)OC2CCC(c3ccc(N)cc3)C[C@@H]2O1. The van der Waals surface area contributed by atoms with Gasteiger partial charge in [0, 0.05) is 5.69 Å². The Kier molecular flexibility index (Phi) is 2.83. The van der Waals surface area contributed by atoms with Crippen molar-refractivity contribution in [3.05, 3.63) is 29.8 Å². The molecule has 3 rings (SSSR count). The molecule has 1 aliphatic heterocycles. The number of anilines is 1. The van der Waals surface area contributed by atoms with E-state index in [2.05, 4.69) is 12.1 Å². The monoisotopic (exact) mass is 247 g/mol. The molecule has 0 amide bonds. The summed E-state index contributed by atoms with van der Waals surface area (Å²) in [6, 6.07) is 8.25. The fourth-order valence-electron chi connectivity index (χ4n) is 3.19. The van der Waals surface area contributed by atoms with Crippen molar-refractivity contribution in [1.82, 2.24) is 0 Å². The molecule has 0 aromatic heterocycles. The first-order valence-corrected chi connectivity index (χ1v) is 6.74. The second-order valence-electron chi connectivity index (χ2n) is 5.89. The third-order valence-corrected chi connectivity index (χ3v) is 4.01. The van der Waals surface area contributed by atoms with Crippen LogP contribution in [0.2, 0.25) is 0 Å². The maximum absolute atomic E-state index is 5.98. The topological polar surface area (TPSA) is 44.5 Å². The number of nitrogens with two attached hydrogens (primary N) is 1. The molecule has 1 aliphatic carbocycles. The molecule has 1 saturated heterocycles. The van der Waals surface area contributed by atoms with Gasteiger partial charge in [-0.3, -0.25) is 0 Å². The fourth-order valence-corrected chi connectivity index (χ4v) is 3.19. The van der Waals surface area contributed by atoms with E-state index in [1.807, 2.05) is 26.0 Å². The van der Waals surface area contributed by atoms with Crippen molar-refractivity contribution in [3.63, 3.8) is 0 Å². The number of hydrogen-bond donors (Lipinski definition) is 1. The second-order valence-corrected chi connectivity index (χ2v) is 5.89. The third kappa shape index (κ3) is 2.25. The highest BCUT2D eigenvalue weighted by atomic mass is 16.7. The lowest BCUT2D eigenvalue weighted by Gasteiger charge is -2.29. The van der Waals surface area contributed by atoms with Crippen LogP contribution in [0.3, 0.4) is 0 Å². The molecule has 1 heterocycles. The summed E-state index contributed by atoms with van der Waals surface area (Å²) in [6.45, 7) is 4.01. The van der Waals surface area contributed by atoms with Gasteiger partial charge in [-0.1, -0.05) is 12.1 Å². The van der Waals surface area contributed by atoms with Crippen LogP contribution in [0.15, 0.2) is 24.3 Å². The number of rotatable bonds is 1. The predicted molar refractivity (Wildman–Crippen MR) is 71.3 cm³/mol. The van der Waals surface area contributed by atoms with Crippen LogP contribution in [-0.4, -0.2) is 18.0 Å². The minimum atomic E-state index is -0.411. The second kappa shape index (κ2) is 4.25. The van der Waals surface area contributed by atoms with Gasteiger partial charge in [-0.05, 0) is 56.7 Å². The van der Waals surface area contributed by atoms with Crippen LogP contribution in [0, 0.1) is 0 Å². The molecule has 2 fully saturated rings. The van der Waals surface area contributed by atoms with E-state index < -0.39 is 5.79 Å². The summed E-state index contributed by atoms with van der Waals surface area (Å²) >= 11 is 0. The first-order valence-electron chi connectivity index (χ1n) is 6.74. The van der Waals surface area contributed by atoms with Crippen LogP contribution in [0.5, 0.6) is 0 Å². The maximum atomic E-state index is 5.98. The summed E-state index contributed by atoms with van der Waals surface area (Å²) in [4.78, 5) is 0. The van der Waals surface area contributed by atoms with Crippen LogP contribution in [0.25, 0.3) is 0 Å². The van der Waals surface area contributed by atoms with E-state index in [0.717, 1.165) is 18.5 Å². The maximum Gasteiger partial charge on any atom is 0.163 e. The van der Waals surface area contributed by atoms with E-state index in [9.17, 15) is 0 Å². The van der Waals surface area contributed by atoms with E-state index in [1.54, 1.807) is 0 Å². The molecule has 1 aromatic carbocycles. The van der Waals surface area contributed by atoms with Gasteiger partial charge in [0.05, 0.1) is 12.2 Å². The summed E-state index contributed by atoms with van der Waals surface area (Å²) in [5.74, 6) is 0.162. The molecule has 0 radical (unpaired) electrons. The summed E-state index contributed by atoms with van der Waals surface area (Å²) in [5.41, 5.74) is 7.93. The van der Waals surface area contributed by atoms with Crippen molar-refractivity contribution in [2.75, 3.05) is 5.73 Å². The average Bonchev–Trinajstić information content (AvgIpc) is 2.62. The van der Waals surface area contributed by atoms with Crippen LogP contribution in [-0.2, 0) is 9.47 Å². The van der Waals surface area contributed by atoms with Gasteiger partial charge in [0.25, 0.3) is 0 Å². The van der Waals surface area contributed by atoms with Gasteiger partial charge in [0.15, 0.2) is 5.79 Å². The van der Waals surface area contributed by atoms with Crippen LogP contribution in [0.4, 0.5) is 5.69 Å². The van der Waals surface area contributed by atoms with Gasteiger partial charge in [-0.25, -0.2) is 0 Å². The first kappa shape index (κ1) is 12.0. The van der Waals surface area contributed by atoms with Crippen molar-refractivity contribution in [2.45, 2.75) is 57.0 Å². The van der Waals surface area contributed by atoms with Crippen LogP contribution in [0.1, 0.15) is 44.6 Å². The summed E-state index contributed by atoms with van der Waals surface area (Å²) < 4.78 is 11.9. The van der Waals surface area contributed by atoms with Crippen LogP contribution < -0.4 is 5.73 Å². The lowest BCUT2D eigenvalue weighted by molar-refractivity contribution is -0.145. The van der Waals surface area contributed by atoms with Crippen molar-refractivity contribution < 1.29 is 9.47 Å². The molecular formula is C15H21NO2. The standard InChI is InChI=1S/C15H21NO2/c1-15(2)17-13-8-5-11(9-14(13)18-15)10-3-6-12(16)7-4-10/h3-4,6-7,11,13-14H,5,8-9,16H2,1-2H3/t11?,13?,14-/m0/s1. The lowest BCUT2D eigenvalue weighted by atomic mass is 9.81. The molecule has 3 atom stereocenters. The predicted octanol–water partition coefficient (Wildman–Crippen LogP) is 3.06. The number of fused-ring (bicyclic) bond motifs is 1. The zero-order valence-corrected chi connectivity index (χ0v) is 11.1. The van der Waals surface area contributed by atoms with Crippen molar-refractivity contribution in [1.29, 1.82) is 0 Å². The highest BCUT2D eigenvalue weighted by Crippen LogP contribution is 2.42. The van der Waals surface area contributed by atoms with E-state index in [-0.39, 0.29) is 12.2 Å². The largest absolute Gasteiger partial charge is 0.399 e. The molecule has 2 unspecified atom stereocenters.